The standard InChI is InChI=1S/C14H25NO3/c15-14(6-2-1-3-7-14)10-13(16)18-11-12-4-8-17-9-5-12/h12H,1-11,15H2. The predicted octanol–water partition coefficient (Wildman–Crippen LogP) is 2.01. The summed E-state index contributed by atoms with van der Waals surface area (Å²) >= 11 is 0. The Bertz CT molecular complexity index is 268. The van der Waals surface area contributed by atoms with Gasteiger partial charge in [0.25, 0.3) is 0 Å². The van der Waals surface area contributed by atoms with E-state index in [-0.39, 0.29) is 11.5 Å². The van der Waals surface area contributed by atoms with E-state index < -0.39 is 0 Å². The lowest BCUT2D eigenvalue weighted by molar-refractivity contribution is -0.147. The van der Waals surface area contributed by atoms with Gasteiger partial charge in [-0.3, -0.25) is 4.79 Å². The van der Waals surface area contributed by atoms with E-state index in [0.717, 1.165) is 51.7 Å². The van der Waals surface area contributed by atoms with Crippen LogP contribution in [0.15, 0.2) is 0 Å². The van der Waals surface area contributed by atoms with E-state index in [2.05, 4.69) is 0 Å². The van der Waals surface area contributed by atoms with Crippen molar-refractivity contribution in [2.45, 2.75) is 56.9 Å². The van der Waals surface area contributed by atoms with Gasteiger partial charge in [-0.05, 0) is 31.6 Å². The molecule has 0 aromatic rings. The van der Waals surface area contributed by atoms with Gasteiger partial charge in [0, 0.05) is 18.8 Å². The third kappa shape index (κ3) is 4.25. The van der Waals surface area contributed by atoms with Crippen molar-refractivity contribution in [3.63, 3.8) is 0 Å². The number of nitrogens with two attached hydrogens (primary N) is 1. The summed E-state index contributed by atoms with van der Waals surface area (Å²) in [5, 5.41) is 0. The lowest BCUT2D eigenvalue weighted by Gasteiger charge is -2.32. The average molecular weight is 255 g/mol. The first-order valence-electron chi connectivity index (χ1n) is 7.20. The van der Waals surface area contributed by atoms with Crippen LogP contribution in [-0.4, -0.2) is 31.3 Å². The van der Waals surface area contributed by atoms with Crippen LogP contribution in [-0.2, 0) is 14.3 Å². The largest absolute Gasteiger partial charge is 0.465 e. The third-order valence-corrected chi connectivity index (χ3v) is 4.17. The molecular formula is C14H25NO3. The highest BCUT2D eigenvalue weighted by Gasteiger charge is 2.31. The molecule has 0 bridgehead atoms. The Morgan fingerprint density at radius 1 is 1.22 bits per heavy atom. The molecule has 0 radical (unpaired) electrons. The quantitative estimate of drug-likeness (QED) is 0.781. The molecule has 0 amide bonds. The fourth-order valence-corrected chi connectivity index (χ4v) is 2.90. The number of ether oxygens (including phenoxy) is 2. The van der Waals surface area contributed by atoms with Crippen molar-refractivity contribution in [3.05, 3.63) is 0 Å². The van der Waals surface area contributed by atoms with Crippen LogP contribution in [0.3, 0.4) is 0 Å². The molecule has 1 aliphatic heterocycles. The minimum absolute atomic E-state index is 0.120. The van der Waals surface area contributed by atoms with Crippen LogP contribution in [0.2, 0.25) is 0 Å². The molecule has 2 N–H and O–H groups in total. The van der Waals surface area contributed by atoms with Crippen molar-refractivity contribution in [2.24, 2.45) is 11.7 Å². The Kier molecular flexibility index (Phi) is 5.01. The number of hydrogen-bond donors (Lipinski definition) is 1. The lowest BCUT2D eigenvalue weighted by atomic mass is 9.80. The van der Waals surface area contributed by atoms with Crippen LogP contribution in [0.5, 0.6) is 0 Å². The van der Waals surface area contributed by atoms with Crippen molar-refractivity contribution in [3.8, 4) is 0 Å². The second-order valence-corrected chi connectivity index (χ2v) is 5.84. The summed E-state index contributed by atoms with van der Waals surface area (Å²) in [6.45, 7) is 2.13. The highest BCUT2D eigenvalue weighted by molar-refractivity contribution is 5.70. The second kappa shape index (κ2) is 6.53. The summed E-state index contributed by atoms with van der Waals surface area (Å²) in [7, 11) is 0. The Labute approximate surface area is 109 Å². The molecule has 18 heavy (non-hydrogen) atoms. The summed E-state index contributed by atoms with van der Waals surface area (Å²) in [5.74, 6) is 0.355. The molecule has 0 aromatic heterocycles. The van der Waals surface area contributed by atoms with Gasteiger partial charge in [-0.2, -0.15) is 0 Å². The molecular weight excluding hydrogens is 230 g/mol. The van der Waals surface area contributed by atoms with Gasteiger partial charge in [0.1, 0.15) is 0 Å². The van der Waals surface area contributed by atoms with Crippen LogP contribution >= 0.6 is 0 Å². The zero-order valence-electron chi connectivity index (χ0n) is 11.2. The molecule has 0 spiro atoms. The Balaban J connectivity index is 1.67. The van der Waals surface area contributed by atoms with Crippen LogP contribution in [0.4, 0.5) is 0 Å². The van der Waals surface area contributed by atoms with E-state index in [1.54, 1.807) is 0 Å². The Morgan fingerprint density at radius 2 is 1.89 bits per heavy atom. The zero-order valence-corrected chi connectivity index (χ0v) is 11.2. The third-order valence-electron chi connectivity index (χ3n) is 4.17. The Morgan fingerprint density at radius 3 is 2.56 bits per heavy atom. The normalized spacial score (nSPS) is 24.7. The molecule has 2 rings (SSSR count). The molecule has 4 heteroatoms. The molecule has 1 heterocycles. The van der Waals surface area contributed by atoms with Crippen molar-refractivity contribution in [1.82, 2.24) is 0 Å². The molecule has 0 aromatic carbocycles. The van der Waals surface area contributed by atoms with Gasteiger partial charge in [0.2, 0.25) is 0 Å². The number of esters is 1. The first kappa shape index (κ1) is 13.8. The first-order chi connectivity index (χ1) is 8.68. The molecule has 1 aliphatic carbocycles. The minimum Gasteiger partial charge on any atom is -0.465 e. The fourth-order valence-electron chi connectivity index (χ4n) is 2.90. The smallest absolute Gasteiger partial charge is 0.307 e. The zero-order chi connectivity index (χ0) is 12.8. The molecule has 2 aliphatic rings. The van der Waals surface area contributed by atoms with E-state index in [1.807, 2.05) is 0 Å². The van der Waals surface area contributed by atoms with Gasteiger partial charge in [-0.15, -0.1) is 0 Å². The fraction of sp³-hybridized carbons (Fsp3) is 0.929. The van der Waals surface area contributed by atoms with Gasteiger partial charge < -0.3 is 15.2 Å². The summed E-state index contributed by atoms with van der Waals surface area (Å²) in [6.07, 6.45) is 7.83. The molecule has 1 saturated heterocycles. The number of carbonyl (C=O) groups is 1. The van der Waals surface area contributed by atoms with E-state index in [9.17, 15) is 4.79 Å². The maximum Gasteiger partial charge on any atom is 0.307 e. The van der Waals surface area contributed by atoms with Gasteiger partial charge >= 0.3 is 5.97 Å². The van der Waals surface area contributed by atoms with Crippen molar-refractivity contribution in [2.75, 3.05) is 19.8 Å². The second-order valence-electron chi connectivity index (χ2n) is 5.84. The molecule has 4 nitrogen and oxygen atoms in total. The van der Waals surface area contributed by atoms with Crippen LogP contribution in [0.25, 0.3) is 0 Å². The van der Waals surface area contributed by atoms with Crippen molar-refractivity contribution in [1.29, 1.82) is 0 Å². The maximum atomic E-state index is 11.8. The van der Waals surface area contributed by atoms with Crippen LogP contribution in [0.1, 0.15) is 51.4 Å². The average Bonchev–Trinajstić information content (AvgIpc) is 2.38. The van der Waals surface area contributed by atoms with Crippen LogP contribution < -0.4 is 5.73 Å². The van der Waals surface area contributed by atoms with Crippen molar-refractivity contribution < 1.29 is 14.3 Å². The van der Waals surface area contributed by atoms with Gasteiger partial charge in [0.15, 0.2) is 0 Å². The minimum atomic E-state index is -0.301. The molecule has 0 unspecified atom stereocenters. The molecule has 2 fully saturated rings. The van der Waals surface area contributed by atoms with Crippen molar-refractivity contribution >= 4 is 5.97 Å². The molecule has 104 valence electrons. The van der Waals surface area contributed by atoms with E-state index in [4.69, 9.17) is 15.2 Å². The summed E-state index contributed by atoms with van der Waals surface area (Å²) in [5.41, 5.74) is 5.95. The molecule has 1 saturated carbocycles. The summed E-state index contributed by atoms with van der Waals surface area (Å²) in [4.78, 5) is 11.8. The predicted molar refractivity (Wildman–Crippen MR) is 69.1 cm³/mol. The van der Waals surface area contributed by atoms with Gasteiger partial charge in [-0.25, -0.2) is 0 Å². The number of rotatable bonds is 4. The Hall–Kier alpha value is -0.610. The van der Waals surface area contributed by atoms with Crippen LogP contribution in [0, 0.1) is 5.92 Å². The lowest BCUT2D eigenvalue weighted by Crippen LogP contribution is -2.44. The molecule has 0 atom stereocenters. The SMILES string of the molecule is NC1(CC(=O)OCC2CCOCC2)CCCCC1. The van der Waals surface area contributed by atoms with E-state index in [1.165, 1.54) is 6.42 Å². The number of hydrogen-bond acceptors (Lipinski definition) is 4. The van der Waals surface area contributed by atoms with E-state index in [0.29, 0.717) is 18.9 Å². The van der Waals surface area contributed by atoms with Gasteiger partial charge in [-0.1, -0.05) is 19.3 Å². The summed E-state index contributed by atoms with van der Waals surface area (Å²) < 4.78 is 10.7. The van der Waals surface area contributed by atoms with Gasteiger partial charge in [0.05, 0.1) is 13.0 Å². The first-order valence-corrected chi connectivity index (χ1v) is 7.20. The highest BCUT2D eigenvalue weighted by atomic mass is 16.5. The van der Waals surface area contributed by atoms with E-state index >= 15 is 0 Å². The number of carbonyl (C=O) groups excluding carboxylic acids is 1. The maximum absolute atomic E-state index is 11.8. The summed E-state index contributed by atoms with van der Waals surface area (Å²) in [6, 6.07) is 0. The monoisotopic (exact) mass is 255 g/mol. The highest BCUT2D eigenvalue weighted by Crippen LogP contribution is 2.29. The topological polar surface area (TPSA) is 61.6 Å².